The van der Waals surface area contributed by atoms with Crippen molar-refractivity contribution in [1.82, 2.24) is 0 Å². The minimum absolute atomic E-state index is 0.108. The summed E-state index contributed by atoms with van der Waals surface area (Å²) in [6.45, 7) is 11.7. The highest BCUT2D eigenvalue weighted by molar-refractivity contribution is 5.29. The number of ether oxygens (including phenoxy) is 3. The SMILES string of the molecule is C=CC1CCC(C2CCC(C3CCC(C4CCC(COC(=C)/C(F)=C(/F)C(=C)OC)OC4)CC3)CC2)CC1. The lowest BCUT2D eigenvalue weighted by molar-refractivity contribution is -0.0664. The molecule has 0 aromatic heterocycles. The van der Waals surface area contributed by atoms with Gasteiger partial charge < -0.3 is 14.2 Å². The fraction of sp³-hybridized carbons (Fsp3) is 0.758. The van der Waals surface area contributed by atoms with Crippen LogP contribution in [0.3, 0.4) is 0 Å². The van der Waals surface area contributed by atoms with Crippen LogP contribution in [0.15, 0.2) is 49.0 Å². The molecule has 0 spiro atoms. The molecule has 1 aliphatic heterocycles. The van der Waals surface area contributed by atoms with Crippen LogP contribution in [0, 0.1) is 41.4 Å². The number of halogens is 2. The second-order valence-electron chi connectivity index (χ2n) is 12.5. The van der Waals surface area contributed by atoms with Gasteiger partial charge in [0.1, 0.15) is 6.61 Å². The molecule has 0 bridgehead atoms. The van der Waals surface area contributed by atoms with Gasteiger partial charge in [0.05, 0.1) is 19.8 Å². The Morgan fingerprint density at radius 3 is 1.53 bits per heavy atom. The van der Waals surface area contributed by atoms with Crippen molar-refractivity contribution in [3.05, 3.63) is 49.0 Å². The summed E-state index contributed by atoms with van der Waals surface area (Å²) < 4.78 is 44.0. The van der Waals surface area contributed by atoms with E-state index in [1.165, 1.54) is 84.2 Å². The molecule has 3 saturated carbocycles. The molecule has 1 saturated heterocycles. The number of hydrogen-bond acceptors (Lipinski definition) is 3. The van der Waals surface area contributed by atoms with Gasteiger partial charge in [-0.05, 0) is 131 Å². The number of hydrogen-bond donors (Lipinski definition) is 0. The maximum Gasteiger partial charge on any atom is 0.203 e. The molecule has 4 fully saturated rings. The van der Waals surface area contributed by atoms with Crippen molar-refractivity contribution >= 4 is 0 Å². The van der Waals surface area contributed by atoms with E-state index < -0.39 is 11.7 Å². The molecule has 0 radical (unpaired) electrons. The van der Waals surface area contributed by atoms with E-state index in [1.807, 2.05) is 0 Å². The lowest BCUT2D eigenvalue weighted by Crippen LogP contribution is -2.35. The molecule has 0 N–H and O–H groups in total. The Kier molecular flexibility index (Phi) is 10.9. The van der Waals surface area contributed by atoms with Crippen LogP contribution in [-0.4, -0.2) is 26.4 Å². The van der Waals surface area contributed by atoms with Gasteiger partial charge in [0.15, 0.2) is 11.5 Å². The quantitative estimate of drug-likeness (QED) is 0.159. The first-order valence-electron chi connectivity index (χ1n) is 15.2. The van der Waals surface area contributed by atoms with E-state index in [-0.39, 0.29) is 24.2 Å². The van der Waals surface area contributed by atoms with Crippen LogP contribution in [-0.2, 0) is 14.2 Å². The van der Waals surface area contributed by atoms with Crippen LogP contribution in [0.25, 0.3) is 0 Å². The van der Waals surface area contributed by atoms with E-state index in [0.717, 1.165) is 55.0 Å². The Hall–Kier alpha value is -1.62. The number of rotatable bonds is 10. The summed E-state index contributed by atoms with van der Waals surface area (Å²) in [6.07, 6.45) is 21.0. The molecule has 4 aliphatic rings. The van der Waals surface area contributed by atoms with Crippen molar-refractivity contribution in [2.24, 2.45) is 41.4 Å². The molecule has 0 aromatic carbocycles. The van der Waals surface area contributed by atoms with Crippen LogP contribution in [0.4, 0.5) is 8.78 Å². The molecule has 2 unspecified atom stereocenters. The van der Waals surface area contributed by atoms with Gasteiger partial charge in [-0.3, -0.25) is 0 Å². The van der Waals surface area contributed by atoms with Crippen molar-refractivity contribution in [2.45, 2.75) is 96.0 Å². The molecule has 38 heavy (non-hydrogen) atoms. The summed E-state index contributed by atoms with van der Waals surface area (Å²) in [4.78, 5) is 0. The normalized spacial score (nSPS) is 37.0. The fourth-order valence-electron chi connectivity index (χ4n) is 7.95. The summed E-state index contributed by atoms with van der Waals surface area (Å²) >= 11 is 0. The first-order valence-corrected chi connectivity index (χ1v) is 15.2. The number of methoxy groups -OCH3 is 1. The molecule has 214 valence electrons. The molecule has 5 heteroatoms. The standard InChI is InChI=1S/C33H50F2O3/c1-5-24-6-8-25(9-7-24)26-10-12-27(13-11-26)28-14-16-29(17-15-28)30-18-19-31(38-20-30)21-37-23(3)33(35)32(34)22(2)36-4/h5,24-31H,1-3,6-21H2,4H3/b33-32-. The molecule has 4 rings (SSSR count). The van der Waals surface area contributed by atoms with Crippen molar-refractivity contribution < 1.29 is 23.0 Å². The lowest BCUT2D eigenvalue weighted by atomic mass is 9.64. The zero-order chi connectivity index (χ0) is 27.1. The molecule has 3 aliphatic carbocycles. The second kappa shape index (κ2) is 14.1. The summed E-state index contributed by atoms with van der Waals surface area (Å²) in [7, 11) is 1.24. The van der Waals surface area contributed by atoms with Crippen molar-refractivity contribution in [3.8, 4) is 0 Å². The molecular weight excluding hydrogens is 482 g/mol. The van der Waals surface area contributed by atoms with Gasteiger partial charge in [-0.15, -0.1) is 6.58 Å². The molecular formula is C33H50F2O3. The molecule has 2 atom stereocenters. The predicted octanol–water partition coefficient (Wildman–Crippen LogP) is 9.23. The van der Waals surface area contributed by atoms with Crippen LogP contribution >= 0.6 is 0 Å². The van der Waals surface area contributed by atoms with Gasteiger partial charge >= 0.3 is 0 Å². The van der Waals surface area contributed by atoms with E-state index in [2.05, 4.69) is 30.5 Å². The zero-order valence-electron chi connectivity index (χ0n) is 23.6. The second-order valence-corrected chi connectivity index (χ2v) is 12.5. The van der Waals surface area contributed by atoms with Crippen molar-refractivity contribution in [1.29, 1.82) is 0 Å². The van der Waals surface area contributed by atoms with E-state index in [1.54, 1.807) is 0 Å². The van der Waals surface area contributed by atoms with Gasteiger partial charge in [0.2, 0.25) is 11.7 Å². The minimum Gasteiger partial charge on any atom is -0.494 e. The Balaban J connectivity index is 1.11. The highest BCUT2D eigenvalue weighted by atomic mass is 19.2. The van der Waals surface area contributed by atoms with Crippen LogP contribution in [0.5, 0.6) is 0 Å². The predicted molar refractivity (Wildman–Crippen MR) is 149 cm³/mol. The van der Waals surface area contributed by atoms with E-state index in [0.29, 0.717) is 5.92 Å². The summed E-state index contributed by atoms with van der Waals surface area (Å²) in [5.41, 5.74) is 0. The van der Waals surface area contributed by atoms with Gasteiger partial charge in [0.25, 0.3) is 0 Å². The van der Waals surface area contributed by atoms with Crippen molar-refractivity contribution in [3.63, 3.8) is 0 Å². The molecule has 3 nitrogen and oxygen atoms in total. The minimum atomic E-state index is -1.18. The van der Waals surface area contributed by atoms with Crippen molar-refractivity contribution in [2.75, 3.05) is 20.3 Å². The Morgan fingerprint density at radius 1 is 0.684 bits per heavy atom. The molecule has 0 aromatic rings. The average molecular weight is 533 g/mol. The first kappa shape index (κ1) is 29.4. The van der Waals surface area contributed by atoms with Gasteiger partial charge in [-0.1, -0.05) is 19.2 Å². The van der Waals surface area contributed by atoms with Gasteiger partial charge in [-0.2, -0.15) is 8.78 Å². The zero-order valence-corrected chi connectivity index (χ0v) is 23.6. The Labute approximate surface area is 229 Å². The highest BCUT2D eigenvalue weighted by Crippen LogP contribution is 2.47. The third kappa shape index (κ3) is 7.52. The highest BCUT2D eigenvalue weighted by Gasteiger charge is 2.37. The first-order chi connectivity index (χ1) is 18.4. The van der Waals surface area contributed by atoms with E-state index in [4.69, 9.17) is 9.47 Å². The smallest absolute Gasteiger partial charge is 0.203 e. The van der Waals surface area contributed by atoms with Crippen LogP contribution < -0.4 is 0 Å². The third-order valence-corrected chi connectivity index (χ3v) is 10.6. The van der Waals surface area contributed by atoms with E-state index >= 15 is 0 Å². The largest absolute Gasteiger partial charge is 0.494 e. The summed E-state index contributed by atoms with van der Waals surface area (Å²) in [5.74, 6) is 2.90. The van der Waals surface area contributed by atoms with E-state index in [9.17, 15) is 8.78 Å². The third-order valence-electron chi connectivity index (χ3n) is 10.6. The number of allylic oxidation sites excluding steroid dienone is 3. The van der Waals surface area contributed by atoms with Gasteiger partial charge in [-0.25, -0.2) is 0 Å². The Morgan fingerprint density at radius 2 is 1.11 bits per heavy atom. The monoisotopic (exact) mass is 532 g/mol. The summed E-state index contributed by atoms with van der Waals surface area (Å²) in [5, 5.41) is 0. The fourth-order valence-corrected chi connectivity index (χ4v) is 7.95. The maximum absolute atomic E-state index is 14.1. The maximum atomic E-state index is 14.1. The van der Waals surface area contributed by atoms with Gasteiger partial charge in [0, 0.05) is 0 Å². The van der Waals surface area contributed by atoms with Crippen LogP contribution in [0.1, 0.15) is 89.9 Å². The Bertz CT molecular complexity index is 819. The lowest BCUT2D eigenvalue weighted by Gasteiger charge is -2.43. The topological polar surface area (TPSA) is 27.7 Å². The molecule has 0 amide bonds. The summed E-state index contributed by atoms with van der Waals surface area (Å²) in [6, 6.07) is 0. The molecule has 1 heterocycles. The average Bonchev–Trinajstić information content (AvgIpc) is 2.99. The van der Waals surface area contributed by atoms with Crippen LogP contribution in [0.2, 0.25) is 0 Å².